The Kier molecular flexibility index (Phi) is 10.8. The van der Waals surface area contributed by atoms with E-state index in [1.165, 1.54) is 5.69 Å². The van der Waals surface area contributed by atoms with Crippen LogP contribution in [-0.2, 0) is 4.79 Å². The van der Waals surface area contributed by atoms with Crippen LogP contribution in [0.2, 0.25) is 0 Å². The van der Waals surface area contributed by atoms with Gasteiger partial charge in [-0.25, -0.2) is 0 Å². The summed E-state index contributed by atoms with van der Waals surface area (Å²) < 4.78 is 0. The lowest BCUT2D eigenvalue weighted by molar-refractivity contribution is -0.134. The molecule has 2 unspecified atom stereocenters. The van der Waals surface area contributed by atoms with Gasteiger partial charge < -0.3 is 26.0 Å². The van der Waals surface area contributed by atoms with E-state index in [0.717, 1.165) is 64.0 Å². The zero-order valence-electron chi connectivity index (χ0n) is 20.9. The summed E-state index contributed by atoms with van der Waals surface area (Å²) in [4.78, 5) is 17.2. The summed E-state index contributed by atoms with van der Waals surface area (Å²) in [6.45, 7) is 13.9. The third kappa shape index (κ3) is 8.62. The number of rotatable bonds is 12. The number of carbonyl (C=O) groups excluding carboxylic acids is 1. The predicted octanol–water partition coefficient (Wildman–Crippen LogP) is 4.09. The van der Waals surface area contributed by atoms with Crippen LogP contribution in [0.4, 0.5) is 11.4 Å². The van der Waals surface area contributed by atoms with E-state index in [-0.39, 0.29) is 18.1 Å². The third-order valence-electron chi connectivity index (χ3n) is 6.30. The van der Waals surface area contributed by atoms with E-state index in [2.05, 4.69) is 62.2 Å². The standard InChI is InChI=1S/C26H46N4O2/c1-19(2)11-17-30(23-8-6-22(7-9-23)28-14-10-21(5)31)24-12-15-29(16-13-24)26(32)25(27)18-20(3)4/h6-9,19-21,24-25,28,31H,10-18,27H2,1-5H3. The molecule has 1 aromatic carbocycles. The Balaban J connectivity index is 1.99. The van der Waals surface area contributed by atoms with E-state index in [9.17, 15) is 9.90 Å². The van der Waals surface area contributed by atoms with Crippen LogP contribution in [0.15, 0.2) is 24.3 Å². The van der Waals surface area contributed by atoms with Crippen LogP contribution in [0.1, 0.15) is 66.7 Å². The molecule has 1 fully saturated rings. The number of carbonyl (C=O) groups is 1. The van der Waals surface area contributed by atoms with Crippen molar-refractivity contribution in [1.29, 1.82) is 0 Å². The average Bonchev–Trinajstić information content (AvgIpc) is 2.74. The van der Waals surface area contributed by atoms with Crippen molar-refractivity contribution < 1.29 is 9.90 Å². The zero-order valence-corrected chi connectivity index (χ0v) is 20.9. The van der Waals surface area contributed by atoms with Gasteiger partial charge in [0.25, 0.3) is 0 Å². The Bertz CT molecular complexity index is 667. The molecule has 6 heteroatoms. The van der Waals surface area contributed by atoms with Gasteiger partial charge in [-0.2, -0.15) is 0 Å². The van der Waals surface area contributed by atoms with Gasteiger partial charge in [0.15, 0.2) is 0 Å². The minimum absolute atomic E-state index is 0.110. The molecule has 1 aliphatic heterocycles. The van der Waals surface area contributed by atoms with Crippen LogP contribution in [0, 0.1) is 11.8 Å². The number of nitrogens with two attached hydrogens (primary N) is 1. The molecular formula is C26H46N4O2. The van der Waals surface area contributed by atoms with Gasteiger partial charge in [-0.15, -0.1) is 0 Å². The molecule has 0 aromatic heterocycles. The second-order valence-electron chi connectivity index (χ2n) is 10.3. The molecule has 4 N–H and O–H groups in total. The summed E-state index contributed by atoms with van der Waals surface area (Å²) in [5.41, 5.74) is 8.48. The molecule has 6 nitrogen and oxygen atoms in total. The predicted molar refractivity (Wildman–Crippen MR) is 135 cm³/mol. The summed E-state index contributed by atoms with van der Waals surface area (Å²) in [5, 5.41) is 12.8. The SMILES string of the molecule is CC(C)CCN(c1ccc(NCCC(C)O)cc1)C1CCN(C(=O)C(N)CC(C)C)CC1. The topological polar surface area (TPSA) is 81.8 Å². The van der Waals surface area contributed by atoms with Crippen LogP contribution < -0.4 is 16.0 Å². The van der Waals surface area contributed by atoms with Crippen molar-refractivity contribution in [3.63, 3.8) is 0 Å². The van der Waals surface area contributed by atoms with Crippen molar-refractivity contribution >= 4 is 17.3 Å². The summed E-state index contributed by atoms with van der Waals surface area (Å²) in [6.07, 6.45) is 4.30. The molecule has 2 atom stereocenters. The number of aliphatic hydroxyl groups excluding tert-OH is 1. The molecule has 1 saturated heterocycles. The molecule has 1 aromatic rings. The minimum atomic E-state index is -0.377. The van der Waals surface area contributed by atoms with Crippen molar-refractivity contribution in [2.45, 2.75) is 84.9 Å². The number of nitrogens with one attached hydrogen (secondary N) is 1. The number of likely N-dealkylation sites (tertiary alicyclic amines) is 1. The van der Waals surface area contributed by atoms with E-state index in [4.69, 9.17) is 5.73 Å². The van der Waals surface area contributed by atoms with Gasteiger partial charge >= 0.3 is 0 Å². The van der Waals surface area contributed by atoms with Crippen LogP contribution in [0.5, 0.6) is 0 Å². The molecule has 0 saturated carbocycles. The van der Waals surface area contributed by atoms with Gasteiger partial charge in [-0.3, -0.25) is 4.79 Å². The van der Waals surface area contributed by atoms with Crippen molar-refractivity contribution in [1.82, 2.24) is 4.90 Å². The highest BCUT2D eigenvalue weighted by Gasteiger charge is 2.29. The van der Waals surface area contributed by atoms with Crippen LogP contribution in [0.25, 0.3) is 0 Å². The van der Waals surface area contributed by atoms with E-state index in [1.807, 2.05) is 11.8 Å². The molecule has 0 bridgehead atoms. The molecule has 1 heterocycles. The fourth-order valence-electron chi connectivity index (χ4n) is 4.36. The largest absolute Gasteiger partial charge is 0.393 e. The normalized spacial score (nSPS) is 17.0. The lowest BCUT2D eigenvalue weighted by Gasteiger charge is -2.41. The Morgan fingerprint density at radius 1 is 1.09 bits per heavy atom. The van der Waals surface area contributed by atoms with E-state index < -0.39 is 0 Å². The molecule has 0 aliphatic carbocycles. The Labute approximate surface area is 195 Å². The number of hydrogen-bond donors (Lipinski definition) is 3. The quantitative estimate of drug-likeness (QED) is 0.451. The van der Waals surface area contributed by atoms with E-state index in [0.29, 0.717) is 17.9 Å². The lowest BCUT2D eigenvalue weighted by Crippen LogP contribution is -2.51. The van der Waals surface area contributed by atoms with Crippen molar-refractivity contribution in [2.75, 3.05) is 36.4 Å². The van der Waals surface area contributed by atoms with Crippen LogP contribution in [-0.4, -0.2) is 60.3 Å². The number of aliphatic hydroxyl groups is 1. The van der Waals surface area contributed by atoms with Crippen LogP contribution in [0.3, 0.4) is 0 Å². The monoisotopic (exact) mass is 446 g/mol. The number of benzene rings is 1. The lowest BCUT2D eigenvalue weighted by atomic mass is 9.98. The second-order valence-corrected chi connectivity index (χ2v) is 10.3. The summed E-state index contributed by atoms with van der Waals surface area (Å²) in [7, 11) is 0. The van der Waals surface area contributed by atoms with Gasteiger partial charge in [0.2, 0.25) is 5.91 Å². The summed E-state index contributed by atoms with van der Waals surface area (Å²) in [6, 6.07) is 8.71. The number of nitrogens with zero attached hydrogens (tertiary/aromatic N) is 2. The van der Waals surface area contributed by atoms with Crippen molar-refractivity contribution in [3.05, 3.63) is 24.3 Å². The maximum atomic E-state index is 12.7. The Morgan fingerprint density at radius 2 is 1.72 bits per heavy atom. The van der Waals surface area contributed by atoms with Crippen molar-refractivity contribution in [2.24, 2.45) is 17.6 Å². The zero-order chi connectivity index (χ0) is 23.7. The summed E-state index contributed by atoms with van der Waals surface area (Å²) >= 11 is 0. The average molecular weight is 447 g/mol. The first-order chi connectivity index (χ1) is 15.2. The molecule has 1 aliphatic rings. The first kappa shape index (κ1) is 26.5. The maximum absolute atomic E-state index is 12.7. The van der Waals surface area contributed by atoms with Gasteiger partial charge in [0, 0.05) is 43.6 Å². The van der Waals surface area contributed by atoms with Gasteiger partial charge in [0.1, 0.15) is 0 Å². The maximum Gasteiger partial charge on any atom is 0.239 e. The van der Waals surface area contributed by atoms with E-state index >= 15 is 0 Å². The molecule has 2 rings (SSSR count). The highest BCUT2D eigenvalue weighted by atomic mass is 16.3. The molecular weight excluding hydrogens is 400 g/mol. The molecule has 182 valence electrons. The number of amides is 1. The number of anilines is 2. The number of hydrogen-bond acceptors (Lipinski definition) is 5. The minimum Gasteiger partial charge on any atom is -0.393 e. The highest BCUT2D eigenvalue weighted by Crippen LogP contribution is 2.27. The fourth-order valence-corrected chi connectivity index (χ4v) is 4.36. The van der Waals surface area contributed by atoms with Gasteiger partial charge in [0.05, 0.1) is 12.1 Å². The summed E-state index contributed by atoms with van der Waals surface area (Å²) in [5.74, 6) is 1.19. The van der Waals surface area contributed by atoms with Gasteiger partial charge in [-0.05, 0) is 75.1 Å². The second kappa shape index (κ2) is 13.0. The first-order valence-electron chi connectivity index (χ1n) is 12.5. The smallest absolute Gasteiger partial charge is 0.239 e. The highest BCUT2D eigenvalue weighted by molar-refractivity contribution is 5.81. The fraction of sp³-hybridized carbons (Fsp3) is 0.731. The van der Waals surface area contributed by atoms with Gasteiger partial charge in [-0.1, -0.05) is 27.7 Å². The molecule has 1 amide bonds. The molecule has 32 heavy (non-hydrogen) atoms. The van der Waals surface area contributed by atoms with E-state index in [1.54, 1.807) is 0 Å². The molecule has 0 radical (unpaired) electrons. The number of piperidine rings is 1. The first-order valence-corrected chi connectivity index (χ1v) is 12.5. The third-order valence-corrected chi connectivity index (χ3v) is 6.30. The van der Waals surface area contributed by atoms with Crippen molar-refractivity contribution in [3.8, 4) is 0 Å². The Morgan fingerprint density at radius 3 is 2.25 bits per heavy atom. The van der Waals surface area contributed by atoms with Crippen LogP contribution >= 0.6 is 0 Å². The Hall–Kier alpha value is -1.79. The molecule has 0 spiro atoms.